The van der Waals surface area contributed by atoms with Gasteiger partial charge < -0.3 is 19.7 Å². The van der Waals surface area contributed by atoms with Crippen LogP contribution in [0, 0.1) is 0 Å². The second kappa shape index (κ2) is 10.7. The van der Waals surface area contributed by atoms with Crippen LogP contribution in [-0.2, 0) is 19.1 Å². The van der Waals surface area contributed by atoms with E-state index in [1.54, 1.807) is 55.1 Å². The molecule has 1 atom stereocenters. The summed E-state index contributed by atoms with van der Waals surface area (Å²) in [5.41, 5.74) is 0.627. The van der Waals surface area contributed by atoms with Gasteiger partial charge in [0.2, 0.25) is 11.8 Å². The lowest BCUT2D eigenvalue weighted by molar-refractivity contribution is -0.157. The Morgan fingerprint density at radius 3 is 2.75 bits per heavy atom. The van der Waals surface area contributed by atoms with E-state index in [-0.39, 0.29) is 30.9 Å². The number of anilines is 1. The molecule has 1 saturated heterocycles. The number of ether oxygens (including phenoxy) is 2. The van der Waals surface area contributed by atoms with Gasteiger partial charge >= 0.3 is 5.97 Å². The van der Waals surface area contributed by atoms with Crippen LogP contribution >= 0.6 is 0 Å². The highest BCUT2D eigenvalue weighted by Crippen LogP contribution is 2.19. The number of hydrogen-bond donors (Lipinski definition) is 1. The second-order valence-corrected chi connectivity index (χ2v) is 6.80. The van der Waals surface area contributed by atoms with E-state index in [0.717, 1.165) is 12.8 Å². The van der Waals surface area contributed by atoms with Gasteiger partial charge in [-0.1, -0.05) is 6.07 Å². The van der Waals surface area contributed by atoms with Crippen LogP contribution in [0.3, 0.4) is 0 Å². The molecule has 0 aliphatic carbocycles. The van der Waals surface area contributed by atoms with Gasteiger partial charge in [0.05, 0.1) is 26.8 Å². The number of nitrogens with one attached hydrogen (secondary N) is 1. The van der Waals surface area contributed by atoms with Crippen molar-refractivity contribution in [2.45, 2.75) is 32.2 Å². The molecule has 1 fully saturated rings. The molecular formula is C20H29N3O5. The van der Waals surface area contributed by atoms with Crippen LogP contribution in [0.1, 0.15) is 26.2 Å². The summed E-state index contributed by atoms with van der Waals surface area (Å²) in [4.78, 5) is 40.3. The summed E-state index contributed by atoms with van der Waals surface area (Å²) in [5.74, 6) is -0.107. The van der Waals surface area contributed by atoms with Crippen LogP contribution in [0.2, 0.25) is 0 Å². The first-order valence-electron chi connectivity index (χ1n) is 9.53. The third-order valence-corrected chi connectivity index (χ3v) is 4.55. The lowest BCUT2D eigenvalue weighted by Gasteiger charge is -2.35. The fraction of sp³-hybridized carbons (Fsp3) is 0.550. The third-order valence-electron chi connectivity index (χ3n) is 4.55. The molecule has 2 amide bonds. The van der Waals surface area contributed by atoms with Crippen molar-refractivity contribution in [1.82, 2.24) is 9.80 Å². The van der Waals surface area contributed by atoms with Crippen molar-refractivity contribution in [1.29, 1.82) is 0 Å². The van der Waals surface area contributed by atoms with Crippen molar-refractivity contribution < 1.29 is 23.9 Å². The van der Waals surface area contributed by atoms with E-state index >= 15 is 0 Å². The number of esters is 1. The largest absolute Gasteiger partial charge is 0.497 e. The van der Waals surface area contributed by atoms with Crippen LogP contribution in [0.4, 0.5) is 5.69 Å². The minimum absolute atomic E-state index is 0.0564. The van der Waals surface area contributed by atoms with Crippen molar-refractivity contribution in [2.75, 3.05) is 45.7 Å². The summed E-state index contributed by atoms with van der Waals surface area (Å²) in [6, 6.07) is 6.54. The summed E-state index contributed by atoms with van der Waals surface area (Å²) in [6.07, 6.45) is 2.37. The number of rotatable bonds is 8. The number of methoxy groups -OCH3 is 1. The highest BCUT2D eigenvalue weighted by Gasteiger charge is 2.33. The Morgan fingerprint density at radius 1 is 1.25 bits per heavy atom. The first kappa shape index (κ1) is 21.7. The summed E-state index contributed by atoms with van der Waals surface area (Å²) in [7, 11) is 3.26. The average molecular weight is 391 g/mol. The molecule has 8 nitrogen and oxygen atoms in total. The zero-order valence-electron chi connectivity index (χ0n) is 16.8. The standard InChI is InChI=1S/C20H29N3O5/c1-4-28-20(26)17-10-5-6-11-23(17)19(25)14-22(2)13-18(24)21-15-8-7-9-16(12-15)27-3/h7-9,12,17H,4-6,10-11,13-14H2,1-3H3,(H,21,24)/t17-/m0/s1. The van der Waals surface area contributed by atoms with Gasteiger partial charge in [0.15, 0.2) is 0 Å². The van der Waals surface area contributed by atoms with Crippen molar-refractivity contribution in [3.63, 3.8) is 0 Å². The van der Waals surface area contributed by atoms with Gasteiger partial charge in [-0.2, -0.15) is 0 Å². The number of benzene rings is 1. The Labute approximate surface area is 165 Å². The fourth-order valence-corrected chi connectivity index (χ4v) is 3.24. The number of carbonyl (C=O) groups excluding carboxylic acids is 3. The molecule has 1 aromatic rings. The van der Waals surface area contributed by atoms with E-state index in [2.05, 4.69) is 5.32 Å². The highest BCUT2D eigenvalue weighted by atomic mass is 16.5. The van der Waals surface area contributed by atoms with Crippen LogP contribution < -0.4 is 10.1 Å². The molecule has 1 aliphatic rings. The van der Waals surface area contributed by atoms with E-state index in [1.165, 1.54) is 0 Å². The smallest absolute Gasteiger partial charge is 0.328 e. The number of likely N-dealkylation sites (tertiary alicyclic amines) is 1. The van der Waals surface area contributed by atoms with Crippen LogP contribution in [0.15, 0.2) is 24.3 Å². The summed E-state index contributed by atoms with van der Waals surface area (Å²) < 4.78 is 10.2. The number of nitrogens with zero attached hydrogens (tertiary/aromatic N) is 2. The van der Waals surface area contributed by atoms with Crippen molar-refractivity contribution in [3.8, 4) is 5.75 Å². The van der Waals surface area contributed by atoms with Gasteiger partial charge in [-0.25, -0.2) is 4.79 Å². The average Bonchev–Trinajstić information content (AvgIpc) is 2.68. The van der Waals surface area contributed by atoms with E-state index in [9.17, 15) is 14.4 Å². The van der Waals surface area contributed by atoms with Crippen LogP contribution in [0.5, 0.6) is 5.75 Å². The van der Waals surface area contributed by atoms with Gasteiger partial charge in [-0.3, -0.25) is 14.5 Å². The van der Waals surface area contributed by atoms with Gasteiger partial charge in [0, 0.05) is 18.3 Å². The molecule has 2 rings (SSSR count). The molecule has 1 aliphatic heterocycles. The van der Waals surface area contributed by atoms with Crippen molar-refractivity contribution in [3.05, 3.63) is 24.3 Å². The van der Waals surface area contributed by atoms with E-state index in [1.807, 2.05) is 0 Å². The molecule has 28 heavy (non-hydrogen) atoms. The van der Waals surface area contributed by atoms with E-state index in [0.29, 0.717) is 31.0 Å². The monoisotopic (exact) mass is 391 g/mol. The number of amides is 2. The van der Waals surface area contributed by atoms with Crippen LogP contribution in [0.25, 0.3) is 0 Å². The zero-order valence-corrected chi connectivity index (χ0v) is 16.8. The Kier molecular flexibility index (Phi) is 8.25. The van der Waals surface area contributed by atoms with Gasteiger partial charge in [-0.15, -0.1) is 0 Å². The van der Waals surface area contributed by atoms with Crippen molar-refractivity contribution in [2.24, 2.45) is 0 Å². The molecule has 1 heterocycles. The summed E-state index contributed by atoms with van der Waals surface area (Å²) >= 11 is 0. The lowest BCUT2D eigenvalue weighted by Crippen LogP contribution is -2.51. The Balaban J connectivity index is 1.88. The summed E-state index contributed by atoms with van der Waals surface area (Å²) in [6.45, 7) is 2.69. The van der Waals surface area contributed by atoms with Gasteiger partial charge in [0.1, 0.15) is 11.8 Å². The van der Waals surface area contributed by atoms with Crippen LogP contribution in [-0.4, -0.2) is 74.0 Å². The molecule has 0 saturated carbocycles. The normalized spacial score (nSPS) is 16.6. The maximum absolute atomic E-state index is 12.7. The summed E-state index contributed by atoms with van der Waals surface area (Å²) in [5, 5.41) is 2.78. The number of carbonyl (C=O) groups is 3. The molecule has 8 heteroatoms. The van der Waals surface area contributed by atoms with E-state index in [4.69, 9.17) is 9.47 Å². The first-order chi connectivity index (χ1) is 13.4. The molecular weight excluding hydrogens is 362 g/mol. The quantitative estimate of drug-likeness (QED) is 0.676. The van der Waals surface area contributed by atoms with Gasteiger partial charge in [-0.05, 0) is 45.4 Å². The fourth-order valence-electron chi connectivity index (χ4n) is 3.24. The van der Waals surface area contributed by atoms with E-state index < -0.39 is 6.04 Å². The molecule has 0 spiro atoms. The second-order valence-electron chi connectivity index (χ2n) is 6.80. The Hall–Kier alpha value is -2.61. The maximum atomic E-state index is 12.7. The predicted molar refractivity (Wildman–Crippen MR) is 105 cm³/mol. The molecule has 0 radical (unpaired) electrons. The molecule has 0 unspecified atom stereocenters. The molecule has 0 aromatic heterocycles. The first-order valence-corrected chi connectivity index (χ1v) is 9.53. The molecule has 154 valence electrons. The number of piperidine rings is 1. The SMILES string of the molecule is CCOC(=O)[C@@H]1CCCCN1C(=O)CN(C)CC(=O)Nc1cccc(OC)c1. The minimum atomic E-state index is -0.528. The lowest BCUT2D eigenvalue weighted by atomic mass is 10.0. The maximum Gasteiger partial charge on any atom is 0.328 e. The molecule has 1 aromatic carbocycles. The molecule has 1 N–H and O–H groups in total. The molecule has 0 bridgehead atoms. The number of likely N-dealkylation sites (N-methyl/N-ethyl adjacent to an activating group) is 1. The highest BCUT2D eigenvalue weighted by molar-refractivity contribution is 5.93. The third kappa shape index (κ3) is 6.23. The zero-order chi connectivity index (χ0) is 20.5. The topological polar surface area (TPSA) is 88.2 Å². The Morgan fingerprint density at radius 2 is 2.04 bits per heavy atom. The predicted octanol–water partition coefficient (Wildman–Crippen LogP) is 1.51. The Bertz CT molecular complexity index is 694. The minimum Gasteiger partial charge on any atom is -0.497 e. The number of hydrogen-bond acceptors (Lipinski definition) is 6. The van der Waals surface area contributed by atoms with Gasteiger partial charge in [0.25, 0.3) is 0 Å². The van der Waals surface area contributed by atoms with Crippen molar-refractivity contribution >= 4 is 23.5 Å².